The zero-order valence-corrected chi connectivity index (χ0v) is 5.97. The van der Waals surface area contributed by atoms with Crippen LogP contribution in [0.2, 0.25) is 0 Å². The van der Waals surface area contributed by atoms with Gasteiger partial charge in [0.25, 0.3) is 0 Å². The van der Waals surface area contributed by atoms with Crippen LogP contribution in [-0.4, -0.2) is 9.97 Å². The van der Waals surface area contributed by atoms with Gasteiger partial charge in [0.2, 0.25) is 0 Å². The van der Waals surface area contributed by atoms with Gasteiger partial charge in [-0.15, -0.1) is 0 Å². The van der Waals surface area contributed by atoms with E-state index in [-0.39, 0.29) is 12.4 Å². The van der Waals surface area contributed by atoms with E-state index in [4.69, 9.17) is 5.73 Å². The second-order valence-corrected chi connectivity index (χ2v) is 2.06. The molecule has 0 aliphatic carbocycles. The van der Waals surface area contributed by atoms with E-state index in [9.17, 15) is 13.2 Å². The van der Waals surface area contributed by atoms with Crippen molar-refractivity contribution in [1.82, 2.24) is 9.97 Å². The van der Waals surface area contributed by atoms with Gasteiger partial charge in [0, 0.05) is 6.20 Å². The molecule has 0 saturated heterocycles. The SMILES string of the molecule is NCc1nccc(C(F)(F)F)n1. The lowest BCUT2D eigenvalue weighted by Crippen LogP contribution is -2.12. The first-order valence-electron chi connectivity index (χ1n) is 3.13. The third-order valence-electron chi connectivity index (χ3n) is 1.18. The number of nitrogens with zero attached hydrogens (tertiary/aromatic N) is 2. The summed E-state index contributed by atoms with van der Waals surface area (Å²) in [6, 6.07) is 0.805. The summed E-state index contributed by atoms with van der Waals surface area (Å²) in [5.74, 6) is -0.00942. The van der Waals surface area contributed by atoms with Crippen molar-refractivity contribution < 1.29 is 13.2 Å². The van der Waals surface area contributed by atoms with Gasteiger partial charge < -0.3 is 5.73 Å². The van der Waals surface area contributed by atoms with E-state index in [1.807, 2.05) is 0 Å². The lowest BCUT2D eigenvalue weighted by molar-refractivity contribution is -0.141. The lowest BCUT2D eigenvalue weighted by atomic mass is 10.4. The summed E-state index contributed by atoms with van der Waals surface area (Å²) in [7, 11) is 0. The maximum atomic E-state index is 12.0. The Labute approximate surface area is 66.4 Å². The fourth-order valence-electron chi connectivity index (χ4n) is 0.655. The summed E-state index contributed by atoms with van der Waals surface area (Å²) in [5, 5.41) is 0. The Morgan fingerprint density at radius 3 is 2.58 bits per heavy atom. The van der Waals surface area contributed by atoms with Crippen LogP contribution in [0, 0.1) is 0 Å². The summed E-state index contributed by atoms with van der Waals surface area (Å²) in [5.41, 5.74) is 4.11. The van der Waals surface area contributed by atoms with Crippen LogP contribution in [0.1, 0.15) is 11.5 Å². The van der Waals surface area contributed by atoms with Gasteiger partial charge in [-0.25, -0.2) is 9.97 Å². The van der Waals surface area contributed by atoms with Gasteiger partial charge >= 0.3 is 6.18 Å². The molecular formula is C6H6F3N3. The van der Waals surface area contributed by atoms with E-state index in [0.29, 0.717) is 0 Å². The molecule has 0 aliphatic rings. The number of hydrogen-bond acceptors (Lipinski definition) is 3. The Morgan fingerprint density at radius 2 is 2.08 bits per heavy atom. The predicted molar refractivity (Wildman–Crippen MR) is 34.9 cm³/mol. The molecule has 66 valence electrons. The topological polar surface area (TPSA) is 51.8 Å². The largest absolute Gasteiger partial charge is 0.433 e. The Morgan fingerprint density at radius 1 is 1.42 bits per heavy atom. The molecule has 2 N–H and O–H groups in total. The van der Waals surface area contributed by atoms with E-state index in [1.165, 1.54) is 0 Å². The summed E-state index contributed by atoms with van der Waals surface area (Å²) >= 11 is 0. The molecule has 0 amide bonds. The normalized spacial score (nSPS) is 11.7. The number of aromatic nitrogens is 2. The highest BCUT2D eigenvalue weighted by Gasteiger charge is 2.32. The van der Waals surface area contributed by atoms with Gasteiger partial charge in [0.05, 0.1) is 6.54 Å². The molecule has 0 aromatic carbocycles. The third-order valence-corrected chi connectivity index (χ3v) is 1.18. The Kier molecular flexibility index (Phi) is 2.27. The highest BCUT2D eigenvalue weighted by atomic mass is 19.4. The maximum absolute atomic E-state index is 12.0. The van der Waals surface area contributed by atoms with Crippen LogP contribution in [0.4, 0.5) is 13.2 Å². The van der Waals surface area contributed by atoms with Gasteiger partial charge in [-0.3, -0.25) is 0 Å². The van der Waals surface area contributed by atoms with E-state index < -0.39 is 11.9 Å². The van der Waals surface area contributed by atoms with Crippen LogP contribution < -0.4 is 5.73 Å². The van der Waals surface area contributed by atoms with Crippen molar-refractivity contribution in [2.75, 3.05) is 0 Å². The number of alkyl halides is 3. The summed E-state index contributed by atoms with van der Waals surface area (Å²) < 4.78 is 35.9. The van der Waals surface area contributed by atoms with Crippen molar-refractivity contribution in [2.24, 2.45) is 5.73 Å². The van der Waals surface area contributed by atoms with E-state index >= 15 is 0 Å². The second kappa shape index (κ2) is 3.06. The van der Waals surface area contributed by atoms with E-state index in [0.717, 1.165) is 12.3 Å². The molecule has 1 aromatic rings. The minimum atomic E-state index is -4.42. The first kappa shape index (κ1) is 8.92. The van der Waals surface area contributed by atoms with Crippen LogP contribution in [-0.2, 0) is 12.7 Å². The fraction of sp³-hybridized carbons (Fsp3) is 0.333. The van der Waals surface area contributed by atoms with Gasteiger partial charge in [-0.1, -0.05) is 0 Å². The van der Waals surface area contributed by atoms with Gasteiger partial charge in [0.1, 0.15) is 11.5 Å². The Balaban J connectivity index is 3.02. The Bertz CT molecular complexity index is 271. The fourth-order valence-corrected chi connectivity index (χ4v) is 0.655. The molecule has 0 unspecified atom stereocenters. The smallest absolute Gasteiger partial charge is 0.324 e. The minimum absolute atomic E-state index is 0.00942. The molecule has 0 aliphatic heterocycles. The van der Waals surface area contributed by atoms with E-state index in [2.05, 4.69) is 9.97 Å². The van der Waals surface area contributed by atoms with E-state index in [1.54, 1.807) is 0 Å². The molecule has 0 saturated carbocycles. The van der Waals surface area contributed by atoms with Crippen LogP contribution >= 0.6 is 0 Å². The first-order valence-corrected chi connectivity index (χ1v) is 3.13. The van der Waals surface area contributed by atoms with Gasteiger partial charge in [-0.05, 0) is 6.07 Å². The molecule has 1 heterocycles. The standard InChI is InChI=1S/C6H6F3N3/c7-6(8,9)4-1-2-11-5(3-10)12-4/h1-2H,3,10H2. The van der Waals surface area contributed by atoms with Crippen molar-refractivity contribution in [3.8, 4) is 0 Å². The first-order chi connectivity index (χ1) is 5.54. The van der Waals surface area contributed by atoms with Crippen molar-refractivity contribution in [1.29, 1.82) is 0 Å². The molecule has 3 nitrogen and oxygen atoms in total. The van der Waals surface area contributed by atoms with Gasteiger partial charge in [-0.2, -0.15) is 13.2 Å². The van der Waals surface area contributed by atoms with Crippen molar-refractivity contribution >= 4 is 0 Å². The zero-order chi connectivity index (χ0) is 9.19. The number of nitrogens with two attached hydrogens (primary N) is 1. The minimum Gasteiger partial charge on any atom is -0.324 e. The number of hydrogen-bond donors (Lipinski definition) is 1. The Hall–Kier alpha value is -1.17. The molecule has 0 bridgehead atoms. The second-order valence-electron chi connectivity index (χ2n) is 2.06. The molecule has 0 atom stereocenters. The third kappa shape index (κ3) is 1.91. The van der Waals surface area contributed by atoms with Crippen molar-refractivity contribution in [3.05, 3.63) is 23.8 Å². The average Bonchev–Trinajstić information content (AvgIpc) is 2.03. The summed E-state index contributed by atoms with van der Waals surface area (Å²) in [6.45, 7) is -0.0933. The predicted octanol–water partition coefficient (Wildman–Crippen LogP) is 0.954. The molecule has 6 heteroatoms. The van der Waals surface area contributed by atoms with Crippen LogP contribution in [0.3, 0.4) is 0 Å². The number of rotatable bonds is 1. The van der Waals surface area contributed by atoms with Crippen LogP contribution in [0.5, 0.6) is 0 Å². The summed E-state index contributed by atoms with van der Waals surface area (Å²) in [4.78, 5) is 6.74. The average molecular weight is 177 g/mol. The maximum Gasteiger partial charge on any atom is 0.433 e. The molecule has 0 fully saturated rings. The molecular weight excluding hydrogens is 171 g/mol. The highest BCUT2D eigenvalue weighted by Crippen LogP contribution is 2.26. The number of halogens is 3. The monoisotopic (exact) mass is 177 g/mol. The molecule has 1 aromatic heterocycles. The molecule has 0 spiro atoms. The van der Waals surface area contributed by atoms with Crippen molar-refractivity contribution in [3.63, 3.8) is 0 Å². The van der Waals surface area contributed by atoms with Crippen LogP contribution in [0.15, 0.2) is 12.3 Å². The van der Waals surface area contributed by atoms with Crippen molar-refractivity contribution in [2.45, 2.75) is 12.7 Å². The molecule has 0 radical (unpaired) electrons. The summed E-state index contributed by atoms with van der Waals surface area (Å²) in [6.07, 6.45) is -3.38. The molecule has 1 rings (SSSR count). The zero-order valence-electron chi connectivity index (χ0n) is 5.97. The van der Waals surface area contributed by atoms with Gasteiger partial charge in [0.15, 0.2) is 0 Å². The lowest BCUT2D eigenvalue weighted by Gasteiger charge is -2.05. The van der Waals surface area contributed by atoms with Crippen LogP contribution in [0.25, 0.3) is 0 Å². The highest BCUT2D eigenvalue weighted by molar-refractivity contribution is 5.05. The quantitative estimate of drug-likeness (QED) is 0.694. The molecule has 12 heavy (non-hydrogen) atoms.